The molecule has 2 aromatic rings. The average Bonchev–Trinajstić information content (AvgIpc) is 2.85. The summed E-state index contributed by atoms with van der Waals surface area (Å²) in [5, 5.41) is 4.31. The number of rotatable bonds is 4. The Bertz CT molecular complexity index is 558. The first-order valence-electron chi connectivity index (χ1n) is 6.28. The fourth-order valence-electron chi connectivity index (χ4n) is 2.00. The minimum Gasteiger partial charge on any atom is -0.465 e. The lowest BCUT2D eigenvalue weighted by Crippen LogP contribution is -2.09. The molecule has 0 spiro atoms. The van der Waals surface area contributed by atoms with Crippen LogP contribution in [0.15, 0.2) is 36.7 Å². The summed E-state index contributed by atoms with van der Waals surface area (Å²) >= 11 is 0. The van der Waals surface area contributed by atoms with Crippen molar-refractivity contribution in [3.8, 4) is 0 Å². The molecule has 0 saturated heterocycles. The summed E-state index contributed by atoms with van der Waals surface area (Å²) in [5.41, 5.74) is 2.91. The number of aromatic nitrogens is 2. The lowest BCUT2D eigenvalue weighted by Gasteiger charge is -2.12. The summed E-state index contributed by atoms with van der Waals surface area (Å²) in [5.74, 6) is -0.303. The summed E-state index contributed by atoms with van der Waals surface area (Å²) in [6, 6.07) is 7.79. The highest BCUT2D eigenvalue weighted by molar-refractivity contribution is 5.89. The van der Waals surface area contributed by atoms with E-state index in [-0.39, 0.29) is 12.0 Å². The normalized spacial score (nSPS) is 12.2. The maximum absolute atomic E-state index is 11.3. The van der Waals surface area contributed by atoms with Gasteiger partial charge in [-0.3, -0.25) is 4.68 Å². The number of hydrogen-bond donors (Lipinski definition) is 0. The number of esters is 1. The minimum atomic E-state index is -0.303. The molecular weight excluding hydrogens is 240 g/mol. The molecule has 1 unspecified atom stereocenters. The minimum absolute atomic E-state index is 0.290. The number of carbonyl (C=O) groups excluding carboxylic acids is 1. The molecule has 0 saturated carbocycles. The van der Waals surface area contributed by atoms with Crippen LogP contribution in [0.3, 0.4) is 0 Å². The molecule has 4 heteroatoms. The number of benzene rings is 1. The SMILES string of the molecule is COC(=O)c1ccc(CC(C)n2cc(C)cn2)cc1. The average molecular weight is 258 g/mol. The maximum Gasteiger partial charge on any atom is 0.337 e. The van der Waals surface area contributed by atoms with Crippen LogP contribution in [0.25, 0.3) is 0 Å². The predicted octanol–water partition coefficient (Wildman–Crippen LogP) is 2.78. The molecule has 1 heterocycles. The van der Waals surface area contributed by atoms with Gasteiger partial charge in [0.15, 0.2) is 0 Å². The molecule has 1 atom stereocenters. The summed E-state index contributed by atoms with van der Waals surface area (Å²) in [4.78, 5) is 11.3. The Morgan fingerprint density at radius 3 is 2.58 bits per heavy atom. The van der Waals surface area contributed by atoms with Gasteiger partial charge >= 0.3 is 5.97 Å². The molecule has 1 aromatic carbocycles. The van der Waals surface area contributed by atoms with Crippen molar-refractivity contribution in [3.05, 3.63) is 53.3 Å². The molecule has 0 bridgehead atoms. The van der Waals surface area contributed by atoms with Gasteiger partial charge in [-0.25, -0.2) is 4.79 Å². The van der Waals surface area contributed by atoms with Crippen molar-refractivity contribution in [2.24, 2.45) is 0 Å². The van der Waals surface area contributed by atoms with Gasteiger partial charge in [-0.15, -0.1) is 0 Å². The molecule has 4 nitrogen and oxygen atoms in total. The summed E-state index contributed by atoms with van der Waals surface area (Å²) in [7, 11) is 1.39. The van der Waals surface area contributed by atoms with Crippen LogP contribution in [0.1, 0.15) is 34.5 Å². The zero-order valence-corrected chi connectivity index (χ0v) is 11.5. The van der Waals surface area contributed by atoms with Crippen LogP contribution in [0.2, 0.25) is 0 Å². The predicted molar refractivity (Wildman–Crippen MR) is 73.2 cm³/mol. The lowest BCUT2D eigenvalue weighted by molar-refractivity contribution is 0.0600. The van der Waals surface area contributed by atoms with Gasteiger partial charge in [0.2, 0.25) is 0 Å². The molecule has 1 aromatic heterocycles. The quantitative estimate of drug-likeness (QED) is 0.792. The number of carbonyl (C=O) groups is 1. The van der Waals surface area contributed by atoms with Gasteiger partial charge in [0.05, 0.1) is 24.9 Å². The Labute approximate surface area is 113 Å². The van der Waals surface area contributed by atoms with Crippen LogP contribution in [0.5, 0.6) is 0 Å². The number of nitrogens with zero attached hydrogens (tertiary/aromatic N) is 2. The van der Waals surface area contributed by atoms with Crippen molar-refractivity contribution in [1.82, 2.24) is 9.78 Å². The van der Waals surface area contributed by atoms with E-state index in [0.29, 0.717) is 5.56 Å². The van der Waals surface area contributed by atoms with Gasteiger partial charge in [0, 0.05) is 6.20 Å². The standard InChI is InChI=1S/C15H18N2O2/c1-11-9-16-17(10-11)12(2)8-13-4-6-14(7-5-13)15(18)19-3/h4-7,9-10,12H,8H2,1-3H3. The van der Waals surface area contributed by atoms with E-state index in [4.69, 9.17) is 0 Å². The van der Waals surface area contributed by atoms with Crippen molar-refractivity contribution in [2.45, 2.75) is 26.3 Å². The van der Waals surface area contributed by atoms with E-state index in [9.17, 15) is 4.79 Å². The number of aryl methyl sites for hydroxylation is 1. The van der Waals surface area contributed by atoms with E-state index in [1.165, 1.54) is 12.7 Å². The largest absolute Gasteiger partial charge is 0.465 e. The third-order valence-electron chi connectivity index (χ3n) is 3.09. The van der Waals surface area contributed by atoms with Gasteiger partial charge in [0.1, 0.15) is 0 Å². The van der Waals surface area contributed by atoms with Gasteiger partial charge < -0.3 is 4.74 Å². The first-order chi connectivity index (χ1) is 9.10. The molecule has 100 valence electrons. The monoisotopic (exact) mass is 258 g/mol. The highest BCUT2D eigenvalue weighted by Gasteiger charge is 2.08. The summed E-state index contributed by atoms with van der Waals surface area (Å²) in [6.45, 7) is 4.15. The molecule has 0 amide bonds. The van der Waals surface area contributed by atoms with E-state index in [1.807, 2.05) is 36.1 Å². The first-order valence-corrected chi connectivity index (χ1v) is 6.28. The van der Waals surface area contributed by atoms with Gasteiger partial charge in [-0.1, -0.05) is 12.1 Å². The Hall–Kier alpha value is -2.10. The van der Waals surface area contributed by atoms with Crippen LogP contribution >= 0.6 is 0 Å². The third-order valence-corrected chi connectivity index (χ3v) is 3.09. The van der Waals surface area contributed by atoms with Gasteiger partial charge in [0.25, 0.3) is 0 Å². The second-order valence-corrected chi connectivity index (χ2v) is 4.74. The van der Waals surface area contributed by atoms with Crippen molar-refractivity contribution in [2.75, 3.05) is 7.11 Å². The molecule has 0 N–H and O–H groups in total. The Morgan fingerprint density at radius 1 is 1.37 bits per heavy atom. The molecule has 0 fully saturated rings. The van der Waals surface area contributed by atoms with E-state index >= 15 is 0 Å². The van der Waals surface area contributed by atoms with Gasteiger partial charge in [-0.2, -0.15) is 5.10 Å². The third kappa shape index (κ3) is 3.22. The Morgan fingerprint density at radius 2 is 2.05 bits per heavy atom. The fraction of sp³-hybridized carbons (Fsp3) is 0.333. The first kappa shape index (κ1) is 13.3. The zero-order chi connectivity index (χ0) is 13.8. The zero-order valence-electron chi connectivity index (χ0n) is 11.5. The van der Waals surface area contributed by atoms with Crippen molar-refractivity contribution >= 4 is 5.97 Å². The van der Waals surface area contributed by atoms with E-state index in [1.54, 1.807) is 12.1 Å². The van der Waals surface area contributed by atoms with Crippen LogP contribution in [0.4, 0.5) is 0 Å². The van der Waals surface area contributed by atoms with Crippen LogP contribution < -0.4 is 0 Å². The second-order valence-electron chi connectivity index (χ2n) is 4.74. The Balaban J connectivity index is 2.05. The molecular formula is C15H18N2O2. The molecule has 19 heavy (non-hydrogen) atoms. The van der Waals surface area contributed by atoms with Crippen molar-refractivity contribution in [1.29, 1.82) is 0 Å². The summed E-state index contributed by atoms with van der Waals surface area (Å²) in [6.07, 6.45) is 4.77. The Kier molecular flexibility index (Phi) is 4.00. The maximum atomic E-state index is 11.3. The highest BCUT2D eigenvalue weighted by Crippen LogP contribution is 2.15. The molecule has 0 aliphatic heterocycles. The topological polar surface area (TPSA) is 44.1 Å². The second kappa shape index (κ2) is 5.69. The molecule has 0 radical (unpaired) electrons. The highest BCUT2D eigenvalue weighted by atomic mass is 16.5. The van der Waals surface area contributed by atoms with Crippen molar-refractivity contribution < 1.29 is 9.53 Å². The van der Waals surface area contributed by atoms with E-state index in [2.05, 4.69) is 16.8 Å². The summed E-state index contributed by atoms with van der Waals surface area (Å²) < 4.78 is 6.64. The van der Waals surface area contributed by atoms with Crippen LogP contribution in [0, 0.1) is 6.92 Å². The van der Waals surface area contributed by atoms with E-state index in [0.717, 1.165) is 12.0 Å². The number of hydrogen-bond acceptors (Lipinski definition) is 3. The molecule has 0 aliphatic carbocycles. The number of ether oxygens (including phenoxy) is 1. The fourth-order valence-corrected chi connectivity index (χ4v) is 2.00. The van der Waals surface area contributed by atoms with Gasteiger partial charge in [-0.05, 0) is 43.5 Å². The molecule has 2 rings (SSSR count). The molecule has 0 aliphatic rings. The van der Waals surface area contributed by atoms with Crippen LogP contribution in [-0.2, 0) is 11.2 Å². The lowest BCUT2D eigenvalue weighted by atomic mass is 10.1. The van der Waals surface area contributed by atoms with E-state index < -0.39 is 0 Å². The van der Waals surface area contributed by atoms with Crippen LogP contribution in [-0.4, -0.2) is 22.9 Å². The number of methoxy groups -OCH3 is 1. The van der Waals surface area contributed by atoms with Crippen molar-refractivity contribution in [3.63, 3.8) is 0 Å². The smallest absolute Gasteiger partial charge is 0.337 e.